The standard InChI is InChI=1S/C23H26N4O/c24-17-25-23(28-22-6-2-1-3-7-22)26-20-11-8-18-9-12-21(13-10-19(18)16-20)27-14-4-5-15-27/h1-3,6-8,11,16,21H,4-5,9-10,12-15H2,(H,25,26)/t21-/m0/s1. The molecule has 1 N–H and O–H groups in total. The molecule has 0 radical (unpaired) electrons. The number of anilines is 1. The normalized spacial score (nSPS) is 20.1. The summed E-state index contributed by atoms with van der Waals surface area (Å²) in [4.78, 5) is 6.47. The molecule has 1 heterocycles. The van der Waals surface area contributed by atoms with Gasteiger partial charge in [-0.1, -0.05) is 24.3 Å². The predicted molar refractivity (Wildman–Crippen MR) is 111 cm³/mol. The molecule has 4 rings (SSSR count). The molecule has 5 nitrogen and oxygen atoms in total. The zero-order valence-corrected chi connectivity index (χ0v) is 16.1. The molecule has 144 valence electrons. The summed E-state index contributed by atoms with van der Waals surface area (Å²) in [5.74, 6) is 0.646. The average molecular weight is 374 g/mol. The molecule has 0 amide bonds. The van der Waals surface area contributed by atoms with Crippen molar-refractivity contribution in [2.45, 2.75) is 44.6 Å². The maximum absolute atomic E-state index is 8.99. The van der Waals surface area contributed by atoms with E-state index in [1.54, 1.807) is 0 Å². The van der Waals surface area contributed by atoms with E-state index in [-0.39, 0.29) is 6.02 Å². The highest BCUT2D eigenvalue weighted by Crippen LogP contribution is 2.28. The summed E-state index contributed by atoms with van der Waals surface area (Å²) in [6.07, 6.45) is 9.20. The first-order valence-electron chi connectivity index (χ1n) is 10.1. The molecule has 0 saturated carbocycles. The highest BCUT2D eigenvalue weighted by molar-refractivity contribution is 5.91. The van der Waals surface area contributed by atoms with E-state index in [4.69, 9.17) is 10.00 Å². The van der Waals surface area contributed by atoms with Crippen LogP contribution in [0.3, 0.4) is 0 Å². The molecular weight excluding hydrogens is 348 g/mol. The van der Waals surface area contributed by atoms with Gasteiger partial charge in [0.1, 0.15) is 5.75 Å². The number of hydrogen-bond acceptors (Lipinski definition) is 4. The third kappa shape index (κ3) is 4.52. The van der Waals surface area contributed by atoms with Crippen molar-refractivity contribution in [2.24, 2.45) is 4.99 Å². The van der Waals surface area contributed by atoms with Crippen LogP contribution in [-0.4, -0.2) is 30.1 Å². The lowest BCUT2D eigenvalue weighted by Crippen LogP contribution is -2.32. The molecule has 0 aromatic heterocycles. The van der Waals surface area contributed by atoms with Crippen molar-refractivity contribution in [3.05, 3.63) is 59.7 Å². The first-order valence-corrected chi connectivity index (χ1v) is 10.1. The van der Waals surface area contributed by atoms with Crippen molar-refractivity contribution < 1.29 is 4.74 Å². The summed E-state index contributed by atoms with van der Waals surface area (Å²) < 4.78 is 5.72. The number of aliphatic imine (C=N–C) groups is 1. The van der Waals surface area contributed by atoms with Crippen LogP contribution in [0.25, 0.3) is 0 Å². The van der Waals surface area contributed by atoms with E-state index < -0.39 is 0 Å². The molecule has 0 spiro atoms. The number of aryl methyl sites for hydroxylation is 2. The molecule has 2 aromatic carbocycles. The summed E-state index contributed by atoms with van der Waals surface area (Å²) in [5, 5.41) is 12.2. The third-order valence-electron chi connectivity index (χ3n) is 5.72. The lowest BCUT2D eigenvalue weighted by molar-refractivity contribution is 0.222. The maximum atomic E-state index is 8.99. The van der Waals surface area contributed by atoms with E-state index in [9.17, 15) is 0 Å². The third-order valence-corrected chi connectivity index (χ3v) is 5.72. The van der Waals surface area contributed by atoms with Crippen molar-refractivity contribution in [3.63, 3.8) is 0 Å². The number of nitriles is 1. The topological polar surface area (TPSA) is 60.7 Å². The fourth-order valence-electron chi connectivity index (χ4n) is 4.29. The molecule has 1 saturated heterocycles. The summed E-state index contributed by atoms with van der Waals surface area (Å²) in [6.45, 7) is 2.53. The summed E-state index contributed by atoms with van der Waals surface area (Å²) in [5.41, 5.74) is 3.74. The van der Waals surface area contributed by atoms with Gasteiger partial charge in [-0.15, -0.1) is 4.99 Å². The molecule has 1 aliphatic heterocycles. The minimum atomic E-state index is 0.192. The van der Waals surface area contributed by atoms with E-state index >= 15 is 0 Å². The van der Waals surface area contributed by atoms with Crippen LogP contribution in [0.15, 0.2) is 53.5 Å². The quantitative estimate of drug-likeness (QED) is 0.375. The first kappa shape index (κ1) is 18.5. The Bertz CT molecular complexity index is 866. The van der Waals surface area contributed by atoms with Gasteiger partial charge in [0.05, 0.1) is 0 Å². The lowest BCUT2D eigenvalue weighted by Gasteiger charge is -2.25. The summed E-state index contributed by atoms with van der Waals surface area (Å²) in [6, 6.07) is 16.7. The SMILES string of the molecule is N#CN=C(Nc1ccc2c(c1)CC[C@@H](N1CCCC1)CC2)Oc1ccccc1. The number of nitrogens with one attached hydrogen (secondary N) is 1. The molecule has 0 bridgehead atoms. The van der Waals surface area contributed by atoms with Crippen molar-refractivity contribution in [1.82, 2.24) is 4.90 Å². The van der Waals surface area contributed by atoms with Gasteiger partial charge in [0.15, 0.2) is 0 Å². The van der Waals surface area contributed by atoms with Gasteiger partial charge in [-0.05, 0) is 87.0 Å². The Balaban J connectivity index is 1.45. The van der Waals surface area contributed by atoms with Gasteiger partial charge in [0, 0.05) is 11.7 Å². The van der Waals surface area contributed by atoms with Crippen LogP contribution in [0.2, 0.25) is 0 Å². The van der Waals surface area contributed by atoms with Crippen LogP contribution in [0.4, 0.5) is 5.69 Å². The fraction of sp³-hybridized carbons (Fsp3) is 0.391. The van der Waals surface area contributed by atoms with Crippen molar-refractivity contribution in [3.8, 4) is 11.9 Å². The van der Waals surface area contributed by atoms with Crippen LogP contribution >= 0.6 is 0 Å². The molecule has 1 fully saturated rings. The van der Waals surface area contributed by atoms with E-state index in [0.717, 1.165) is 18.5 Å². The van der Waals surface area contributed by atoms with E-state index in [0.29, 0.717) is 11.8 Å². The molecule has 5 heteroatoms. The zero-order chi connectivity index (χ0) is 19.2. The van der Waals surface area contributed by atoms with E-state index in [2.05, 4.69) is 33.4 Å². The fourth-order valence-corrected chi connectivity index (χ4v) is 4.29. The van der Waals surface area contributed by atoms with Crippen molar-refractivity contribution in [1.29, 1.82) is 5.26 Å². The molecule has 28 heavy (non-hydrogen) atoms. The highest BCUT2D eigenvalue weighted by atomic mass is 16.5. The Hall–Kier alpha value is -2.84. The smallest absolute Gasteiger partial charge is 0.310 e. The number of ether oxygens (including phenoxy) is 1. The predicted octanol–water partition coefficient (Wildman–Crippen LogP) is 4.36. The van der Waals surface area contributed by atoms with Gasteiger partial charge in [-0.3, -0.25) is 0 Å². The van der Waals surface area contributed by atoms with Crippen LogP contribution in [0.5, 0.6) is 5.75 Å². The number of fused-ring (bicyclic) bond motifs is 1. The number of nitrogens with zero attached hydrogens (tertiary/aromatic N) is 3. The number of likely N-dealkylation sites (tertiary alicyclic amines) is 1. The number of para-hydroxylation sites is 1. The number of benzene rings is 2. The Morgan fingerprint density at radius 2 is 1.79 bits per heavy atom. The maximum Gasteiger partial charge on any atom is 0.310 e. The van der Waals surface area contributed by atoms with Gasteiger partial charge in [0.2, 0.25) is 6.19 Å². The molecule has 1 aliphatic carbocycles. The number of hydrogen-bond donors (Lipinski definition) is 1. The molecular formula is C23H26N4O. The van der Waals surface area contributed by atoms with Crippen LogP contribution < -0.4 is 10.1 Å². The summed E-state index contributed by atoms with van der Waals surface area (Å²) >= 11 is 0. The van der Waals surface area contributed by atoms with Crippen LogP contribution in [0, 0.1) is 11.5 Å². The van der Waals surface area contributed by atoms with Crippen LogP contribution in [0.1, 0.15) is 36.8 Å². The van der Waals surface area contributed by atoms with Gasteiger partial charge < -0.3 is 15.0 Å². The Kier molecular flexibility index (Phi) is 5.89. The largest absolute Gasteiger partial charge is 0.425 e. The van der Waals surface area contributed by atoms with E-state index in [1.165, 1.54) is 49.9 Å². The van der Waals surface area contributed by atoms with Crippen molar-refractivity contribution >= 4 is 11.7 Å². The minimum absolute atomic E-state index is 0.192. The Morgan fingerprint density at radius 3 is 2.54 bits per heavy atom. The average Bonchev–Trinajstić information content (AvgIpc) is 3.17. The van der Waals surface area contributed by atoms with Crippen LogP contribution in [-0.2, 0) is 12.8 Å². The number of rotatable bonds is 3. The van der Waals surface area contributed by atoms with Gasteiger partial charge in [0.25, 0.3) is 0 Å². The Labute approximate surface area is 166 Å². The highest BCUT2D eigenvalue weighted by Gasteiger charge is 2.24. The second kappa shape index (κ2) is 8.90. The van der Waals surface area contributed by atoms with Gasteiger partial charge in [-0.2, -0.15) is 5.26 Å². The molecule has 1 atom stereocenters. The summed E-state index contributed by atoms with van der Waals surface area (Å²) in [7, 11) is 0. The molecule has 2 aromatic rings. The molecule has 2 aliphatic rings. The monoisotopic (exact) mass is 374 g/mol. The van der Waals surface area contributed by atoms with Crippen molar-refractivity contribution in [2.75, 3.05) is 18.4 Å². The second-order valence-electron chi connectivity index (χ2n) is 7.51. The first-order chi connectivity index (χ1) is 13.8. The van der Waals surface area contributed by atoms with Gasteiger partial charge in [-0.25, -0.2) is 0 Å². The second-order valence-corrected chi connectivity index (χ2v) is 7.51. The zero-order valence-electron chi connectivity index (χ0n) is 16.1. The Morgan fingerprint density at radius 1 is 1.04 bits per heavy atom. The van der Waals surface area contributed by atoms with Gasteiger partial charge >= 0.3 is 6.02 Å². The lowest BCUT2D eigenvalue weighted by atomic mass is 10.0. The number of amidine groups is 1. The molecule has 0 unspecified atom stereocenters. The van der Waals surface area contributed by atoms with E-state index in [1.807, 2.05) is 36.5 Å². The minimum Gasteiger partial charge on any atom is -0.425 e.